The Hall–Kier alpha value is -1.12. The Labute approximate surface area is 78.8 Å². The highest BCUT2D eigenvalue weighted by Gasteiger charge is 2.17. The molecule has 0 saturated heterocycles. The maximum atomic E-state index is 10.7. The van der Waals surface area contributed by atoms with Gasteiger partial charge in [0.1, 0.15) is 12.4 Å². The van der Waals surface area contributed by atoms with Crippen LogP contribution in [0.25, 0.3) is 0 Å². The molecule has 0 bridgehead atoms. The van der Waals surface area contributed by atoms with Gasteiger partial charge in [-0.15, -0.1) is 0 Å². The fourth-order valence-electron chi connectivity index (χ4n) is 1.14. The molecule has 0 amide bonds. The average Bonchev–Trinajstić information content (AvgIpc) is 1.99. The van der Waals surface area contributed by atoms with Gasteiger partial charge in [0, 0.05) is 6.92 Å². The summed E-state index contributed by atoms with van der Waals surface area (Å²) in [5.74, 6) is -0.141. The second kappa shape index (κ2) is 5.51. The van der Waals surface area contributed by atoms with E-state index in [4.69, 9.17) is 4.74 Å². The third kappa shape index (κ3) is 4.45. The summed E-state index contributed by atoms with van der Waals surface area (Å²) in [7, 11) is 0. The van der Waals surface area contributed by atoms with Crippen molar-refractivity contribution in [2.75, 3.05) is 0 Å². The summed E-state index contributed by atoms with van der Waals surface area (Å²) in [6.45, 7) is 7.02. The molecule has 13 heavy (non-hydrogen) atoms. The van der Waals surface area contributed by atoms with Crippen molar-refractivity contribution in [1.82, 2.24) is 0 Å². The second-order valence-electron chi connectivity index (χ2n) is 3.32. The number of allylic oxidation sites excluding steroid dienone is 1. The summed E-state index contributed by atoms with van der Waals surface area (Å²) in [6, 6.07) is 0. The fraction of sp³-hybridized carbons (Fsp3) is 0.600. The summed E-state index contributed by atoms with van der Waals surface area (Å²) in [5.41, 5.74) is 0.778. The highest BCUT2D eigenvalue weighted by Crippen LogP contribution is 2.15. The third-order valence-corrected chi connectivity index (χ3v) is 1.68. The average molecular weight is 184 g/mol. The van der Waals surface area contributed by atoms with Crippen molar-refractivity contribution in [3.63, 3.8) is 0 Å². The lowest BCUT2D eigenvalue weighted by atomic mass is 10.00. The summed E-state index contributed by atoms with van der Waals surface area (Å²) in [6.07, 6.45) is 1.84. The molecule has 0 aliphatic carbocycles. The van der Waals surface area contributed by atoms with Crippen LogP contribution in [0.15, 0.2) is 11.6 Å². The van der Waals surface area contributed by atoms with Crippen molar-refractivity contribution in [1.29, 1.82) is 0 Å². The van der Waals surface area contributed by atoms with Gasteiger partial charge in [-0.25, -0.2) is 0 Å². The lowest BCUT2D eigenvalue weighted by Gasteiger charge is -2.20. The summed E-state index contributed by atoms with van der Waals surface area (Å²) >= 11 is 0. The minimum absolute atomic E-state index is 0.181. The molecule has 0 aliphatic heterocycles. The van der Waals surface area contributed by atoms with Gasteiger partial charge < -0.3 is 4.74 Å². The van der Waals surface area contributed by atoms with Crippen LogP contribution in [0.4, 0.5) is 0 Å². The first kappa shape index (κ1) is 11.9. The Kier molecular flexibility index (Phi) is 5.04. The number of rotatable bonds is 4. The molecule has 3 heteroatoms. The van der Waals surface area contributed by atoms with Gasteiger partial charge in [-0.2, -0.15) is 0 Å². The zero-order valence-corrected chi connectivity index (χ0v) is 8.53. The zero-order valence-electron chi connectivity index (χ0n) is 8.53. The topological polar surface area (TPSA) is 43.4 Å². The number of ether oxygens (including phenoxy) is 1. The molecule has 0 radical (unpaired) electrons. The van der Waals surface area contributed by atoms with Crippen molar-refractivity contribution in [3.8, 4) is 0 Å². The largest absolute Gasteiger partial charge is 0.458 e. The normalized spacial score (nSPS) is 14.1. The Balaban J connectivity index is 4.50. The maximum Gasteiger partial charge on any atom is 0.303 e. The molecule has 1 atom stereocenters. The number of hydrogen-bond donors (Lipinski definition) is 0. The molecule has 74 valence electrons. The molecule has 0 fully saturated rings. The minimum Gasteiger partial charge on any atom is -0.458 e. The van der Waals surface area contributed by atoms with Gasteiger partial charge in [-0.3, -0.25) is 9.59 Å². The zero-order chi connectivity index (χ0) is 10.4. The smallest absolute Gasteiger partial charge is 0.303 e. The Morgan fingerprint density at radius 1 is 1.31 bits per heavy atom. The van der Waals surface area contributed by atoms with E-state index in [1.165, 1.54) is 13.0 Å². The van der Waals surface area contributed by atoms with Crippen molar-refractivity contribution in [2.45, 2.75) is 33.8 Å². The van der Waals surface area contributed by atoms with Crippen molar-refractivity contribution >= 4 is 12.3 Å². The van der Waals surface area contributed by atoms with E-state index in [2.05, 4.69) is 0 Å². The highest BCUT2D eigenvalue weighted by atomic mass is 16.5. The van der Waals surface area contributed by atoms with E-state index in [1.807, 2.05) is 13.8 Å². The van der Waals surface area contributed by atoms with Gasteiger partial charge in [0.05, 0.1) is 0 Å². The van der Waals surface area contributed by atoms with Crippen LogP contribution in [0.3, 0.4) is 0 Å². The van der Waals surface area contributed by atoms with Crippen molar-refractivity contribution < 1.29 is 14.3 Å². The van der Waals surface area contributed by atoms with E-state index < -0.39 is 0 Å². The molecule has 0 N–H and O–H groups in total. The molecule has 0 saturated carbocycles. The Morgan fingerprint density at radius 3 is 2.15 bits per heavy atom. The minimum atomic E-state index is -0.322. The fourth-order valence-corrected chi connectivity index (χ4v) is 1.14. The molecular formula is C10H16O3. The van der Waals surface area contributed by atoms with Crippen LogP contribution in [0.5, 0.6) is 0 Å². The molecule has 3 nitrogen and oxygen atoms in total. The lowest BCUT2D eigenvalue weighted by Crippen LogP contribution is -2.23. The molecule has 0 aliphatic rings. The van der Waals surface area contributed by atoms with Crippen LogP contribution >= 0.6 is 0 Å². The quantitative estimate of drug-likeness (QED) is 0.379. The van der Waals surface area contributed by atoms with Gasteiger partial charge in [-0.1, -0.05) is 13.8 Å². The van der Waals surface area contributed by atoms with Crippen molar-refractivity contribution in [3.05, 3.63) is 11.6 Å². The van der Waals surface area contributed by atoms with Crippen LogP contribution in [0.2, 0.25) is 0 Å². The van der Waals surface area contributed by atoms with Gasteiger partial charge >= 0.3 is 5.97 Å². The number of esters is 1. The summed E-state index contributed by atoms with van der Waals surface area (Å²) < 4.78 is 5.06. The van der Waals surface area contributed by atoms with E-state index in [9.17, 15) is 9.59 Å². The predicted molar refractivity (Wildman–Crippen MR) is 50.2 cm³/mol. The van der Waals surface area contributed by atoms with Gasteiger partial charge in [0.15, 0.2) is 0 Å². The standard InChI is InChI=1S/C10H16O3/c1-7(2)10(13-9(4)12)8(3)5-6-11/h5-7,10H,1-4H3/b8-5+. The van der Waals surface area contributed by atoms with E-state index in [0.717, 1.165) is 5.57 Å². The third-order valence-electron chi connectivity index (χ3n) is 1.68. The summed E-state index contributed by atoms with van der Waals surface area (Å²) in [4.78, 5) is 20.9. The van der Waals surface area contributed by atoms with E-state index in [0.29, 0.717) is 6.29 Å². The maximum absolute atomic E-state index is 10.7. The first-order valence-corrected chi connectivity index (χ1v) is 4.28. The van der Waals surface area contributed by atoms with Gasteiger partial charge in [-0.05, 0) is 24.5 Å². The summed E-state index contributed by atoms with van der Waals surface area (Å²) in [5, 5.41) is 0. The SMILES string of the molecule is CC(=O)OC(/C(C)=C/C=O)C(C)C. The lowest BCUT2D eigenvalue weighted by molar-refractivity contribution is -0.146. The Morgan fingerprint density at radius 2 is 1.85 bits per heavy atom. The molecule has 0 aromatic carbocycles. The molecule has 0 aromatic rings. The molecule has 0 aromatic heterocycles. The number of carbonyl (C=O) groups excluding carboxylic acids is 2. The van der Waals surface area contributed by atoms with Crippen LogP contribution < -0.4 is 0 Å². The molecule has 0 heterocycles. The highest BCUT2D eigenvalue weighted by molar-refractivity contribution is 5.68. The number of aldehydes is 1. The first-order chi connectivity index (χ1) is 5.99. The molecule has 1 unspecified atom stereocenters. The van der Waals surface area contributed by atoms with Gasteiger partial charge in [0.2, 0.25) is 0 Å². The van der Waals surface area contributed by atoms with Crippen LogP contribution in [-0.2, 0) is 14.3 Å². The van der Waals surface area contributed by atoms with Gasteiger partial charge in [0.25, 0.3) is 0 Å². The molecular weight excluding hydrogens is 168 g/mol. The van der Waals surface area contributed by atoms with Crippen molar-refractivity contribution in [2.24, 2.45) is 5.92 Å². The van der Waals surface area contributed by atoms with E-state index >= 15 is 0 Å². The monoisotopic (exact) mass is 184 g/mol. The number of hydrogen-bond acceptors (Lipinski definition) is 3. The number of carbonyl (C=O) groups is 2. The molecule has 0 rings (SSSR count). The first-order valence-electron chi connectivity index (χ1n) is 4.28. The Bertz CT molecular complexity index is 216. The van der Waals surface area contributed by atoms with Crippen LogP contribution in [0.1, 0.15) is 27.7 Å². The van der Waals surface area contributed by atoms with Crippen LogP contribution in [-0.4, -0.2) is 18.4 Å². The second-order valence-corrected chi connectivity index (χ2v) is 3.32. The van der Waals surface area contributed by atoms with Crippen LogP contribution in [0, 0.1) is 5.92 Å². The van der Waals surface area contributed by atoms with E-state index in [1.54, 1.807) is 6.92 Å². The predicted octanol–water partition coefficient (Wildman–Crippen LogP) is 1.72. The van der Waals surface area contributed by atoms with E-state index in [-0.39, 0.29) is 18.0 Å². The molecule has 0 spiro atoms.